The van der Waals surface area contributed by atoms with Crippen LogP contribution in [-0.2, 0) is 0 Å². The molecular formula is C14H18ClNO4. The number of hydrogen-bond donors (Lipinski definition) is 1. The number of carbonyl (C=O) groups is 1. The summed E-state index contributed by atoms with van der Waals surface area (Å²) >= 11 is 6.10. The molecule has 1 fully saturated rings. The summed E-state index contributed by atoms with van der Waals surface area (Å²) in [6.45, 7) is 0.993. The van der Waals surface area contributed by atoms with Crippen LogP contribution in [0.3, 0.4) is 0 Å². The molecule has 0 aromatic heterocycles. The summed E-state index contributed by atoms with van der Waals surface area (Å²) in [7, 11) is 2.99. The summed E-state index contributed by atoms with van der Waals surface area (Å²) in [5.74, 6) is 0.664. The van der Waals surface area contributed by atoms with Crippen LogP contribution in [0.4, 0.5) is 0 Å². The molecule has 5 nitrogen and oxygen atoms in total. The predicted molar refractivity (Wildman–Crippen MR) is 75.7 cm³/mol. The van der Waals surface area contributed by atoms with E-state index in [4.69, 9.17) is 21.1 Å². The van der Waals surface area contributed by atoms with Gasteiger partial charge in [-0.1, -0.05) is 11.6 Å². The van der Waals surface area contributed by atoms with Crippen molar-refractivity contribution in [3.05, 3.63) is 22.7 Å². The van der Waals surface area contributed by atoms with Crippen LogP contribution in [0.5, 0.6) is 11.5 Å². The molecule has 0 spiro atoms. The third kappa shape index (κ3) is 2.99. The van der Waals surface area contributed by atoms with Gasteiger partial charge in [0.2, 0.25) is 0 Å². The lowest BCUT2D eigenvalue weighted by atomic mass is 10.1. The Balaban J connectivity index is 2.28. The Labute approximate surface area is 123 Å². The van der Waals surface area contributed by atoms with Gasteiger partial charge < -0.3 is 19.5 Å². The number of aliphatic hydroxyl groups excluding tert-OH is 1. The number of hydrogen-bond acceptors (Lipinski definition) is 4. The molecule has 1 amide bonds. The minimum atomic E-state index is -0.455. The molecule has 0 aliphatic carbocycles. The Morgan fingerprint density at radius 2 is 2.15 bits per heavy atom. The van der Waals surface area contributed by atoms with E-state index in [1.54, 1.807) is 17.0 Å². The topological polar surface area (TPSA) is 59.0 Å². The lowest BCUT2D eigenvalue weighted by molar-refractivity contribution is 0.0473. The molecule has 1 aromatic carbocycles. The molecule has 110 valence electrons. The molecule has 6 heteroatoms. The van der Waals surface area contributed by atoms with Crippen molar-refractivity contribution in [3.8, 4) is 11.5 Å². The second-order valence-electron chi connectivity index (χ2n) is 4.74. The van der Waals surface area contributed by atoms with Gasteiger partial charge in [0, 0.05) is 18.7 Å². The number of benzene rings is 1. The van der Waals surface area contributed by atoms with Crippen molar-refractivity contribution in [2.75, 3.05) is 27.3 Å². The van der Waals surface area contributed by atoms with E-state index in [0.29, 0.717) is 35.2 Å². The fourth-order valence-corrected chi connectivity index (χ4v) is 2.65. The highest BCUT2D eigenvalue weighted by Gasteiger charge is 2.24. The number of carbonyl (C=O) groups excluding carboxylic acids is 1. The van der Waals surface area contributed by atoms with Crippen LogP contribution in [0.1, 0.15) is 23.2 Å². The first-order valence-corrected chi connectivity index (χ1v) is 6.83. The molecule has 1 aromatic rings. The molecule has 1 saturated heterocycles. The van der Waals surface area contributed by atoms with Crippen molar-refractivity contribution < 1.29 is 19.4 Å². The Hall–Kier alpha value is -1.46. The first-order chi connectivity index (χ1) is 9.56. The zero-order chi connectivity index (χ0) is 14.7. The molecule has 1 unspecified atom stereocenters. The highest BCUT2D eigenvalue weighted by atomic mass is 35.5. The summed E-state index contributed by atoms with van der Waals surface area (Å²) in [6.07, 6.45) is 1.08. The number of aliphatic hydroxyl groups is 1. The number of piperidine rings is 1. The Kier molecular flexibility index (Phi) is 4.73. The van der Waals surface area contributed by atoms with Crippen molar-refractivity contribution in [1.29, 1.82) is 0 Å². The first kappa shape index (κ1) is 14.9. The highest BCUT2D eigenvalue weighted by molar-refractivity contribution is 6.32. The van der Waals surface area contributed by atoms with E-state index in [0.717, 1.165) is 12.8 Å². The zero-order valence-corrected chi connectivity index (χ0v) is 12.3. The molecule has 1 heterocycles. The number of ether oxygens (including phenoxy) is 2. The number of amides is 1. The van der Waals surface area contributed by atoms with Gasteiger partial charge in [-0.25, -0.2) is 0 Å². The van der Waals surface area contributed by atoms with Crippen molar-refractivity contribution >= 4 is 17.5 Å². The molecular weight excluding hydrogens is 282 g/mol. The second kappa shape index (κ2) is 6.33. The van der Waals surface area contributed by atoms with Crippen molar-refractivity contribution in [3.63, 3.8) is 0 Å². The van der Waals surface area contributed by atoms with Gasteiger partial charge in [-0.3, -0.25) is 4.79 Å². The van der Waals surface area contributed by atoms with E-state index in [1.807, 2.05) is 0 Å². The van der Waals surface area contributed by atoms with Gasteiger partial charge in [0.05, 0.1) is 25.3 Å². The normalized spacial score (nSPS) is 18.8. The van der Waals surface area contributed by atoms with Crippen molar-refractivity contribution in [1.82, 2.24) is 4.90 Å². The fourth-order valence-electron chi connectivity index (χ4n) is 2.36. The van der Waals surface area contributed by atoms with Gasteiger partial charge in [-0.15, -0.1) is 0 Å². The van der Waals surface area contributed by atoms with Gasteiger partial charge in [0.1, 0.15) is 0 Å². The summed E-state index contributed by atoms with van der Waals surface area (Å²) in [5.41, 5.74) is 0.432. The largest absolute Gasteiger partial charge is 0.493 e. The summed E-state index contributed by atoms with van der Waals surface area (Å²) in [5, 5.41) is 9.97. The molecule has 2 rings (SSSR count). The molecule has 0 bridgehead atoms. The summed E-state index contributed by atoms with van der Waals surface area (Å²) < 4.78 is 10.3. The smallest absolute Gasteiger partial charge is 0.254 e. The SMILES string of the molecule is COc1cc(C(=O)N2CCCC(O)C2)cc(Cl)c1OC. The van der Waals surface area contributed by atoms with E-state index in [1.165, 1.54) is 14.2 Å². The van der Waals surface area contributed by atoms with Crippen molar-refractivity contribution in [2.45, 2.75) is 18.9 Å². The number of rotatable bonds is 3. The number of nitrogens with zero attached hydrogens (tertiary/aromatic N) is 1. The minimum absolute atomic E-state index is 0.161. The molecule has 1 atom stereocenters. The van der Waals surface area contributed by atoms with Gasteiger partial charge in [-0.2, -0.15) is 0 Å². The Morgan fingerprint density at radius 3 is 2.75 bits per heavy atom. The average molecular weight is 300 g/mol. The number of β-amino-alcohol motifs (C(OH)–C–C–N with tert-alkyl or cyclic N) is 1. The monoisotopic (exact) mass is 299 g/mol. The highest BCUT2D eigenvalue weighted by Crippen LogP contribution is 2.36. The maximum atomic E-state index is 12.4. The van der Waals surface area contributed by atoms with Crippen LogP contribution in [0, 0.1) is 0 Å². The van der Waals surface area contributed by atoms with Crippen LogP contribution in [0.2, 0.25) is 5.02 Å². The maximum Gasteiger partial charge on any atom is 0.254 e. The third-order valence-corrected chi connectivity index (χ3v) is 3.64. The van der Waals surface area contributed by atoms with E-state index in [9.17, 15) is 9.90 Å². The average Bonchev–Trinajstić information content (AvgIpc) is 2.45. The van der Waals surface area contributed by atoms with E-state index < -0.39 is 6.10 Å². The molecule has 1 aliphatic rings. The van der Waals surface area contributed by atoms with E-state index >= 15 is 0 Å². The van der Waals surface area contributed by atoms with Gasteiger partial charge in [0.25, 0.3) is 5.91 Å². The second-order valence-corrected chi connectivity index (χ2v) is 5.15. The molecule has 1 aliphatic heterocycles. The number of methoxy groups -OCH3 is 2. The lowest BCUT2D eigenvalue weighted by Crippen LogP contribution is -2.42. The Morgan fingerprint density at radius 1 is 1.40 bits per heavy atom. The van der Waals surface area contributed by atoms with Crippen LogP contribution in [0.25, 0.3) is 0 Å². The zero-order valence-electron chi connectivity index (χ0n) is 11.6. The van der Waals surface area contributed by atoms with E-state index in [2.05, 4.69) is 0 Å². The molecule has 0 saturated carbocycles. The van der Waals surface area contributed by atoms with Gasteiger partial charge in [-0.05, 0) is 25.0 Å². The minimum Gasteiger partial charge on any atom is -0.493 e. The van der Waals surface area contributed by atoms with Crippen LogP contribution >= 0.6 is 11.6 Å². The van der Waals surface area contributed by atoms with Crippen LogP contribution < -0.4 is 9.47 Å². The predicted octanol–water partition coefficient (Wildman–Crippen LogP) is 1.95. The summed E-state index contributed by atoms with van der Waals surface area (Å²) in [6, 6.07) is 3.17. The quantitative estimate of drug-likeness (QED) is 0.927. The molecule has 0 radical (unpaired) electrons. The standard InChI is InChI=1S/C14H18ClNO4/c1-19-12-7-9(6-11(15)13(12)20-2)14(18)16-5-3-4-10(17)8-16/h6-7,10,17H,3-5,8H2,1-2H3. The number of likely N-dealkylation sites (tertiary alicyclic amines) is 1. The molecule has 20 heavy (non-hydrogen) atoms. The van der Waals surface area contributed by atoms with Crippen molar-refractivity contribution in [2.24, 2.45) is 0 Å². The van der Waals surface area contributed by atoms with Gasteiger partial charge in [0.15, 0.2) is 11.5 Å². The maximum absolute atomic E-state index is 12.4. The van der Waals surface area contributed by atoms with Crippen LogP contribution in [-0.4, -0.2) is 49.3 Å². The summed E-state index contributed by atoms with van der Waals surface area (Å²) in [4.78, 5) is 14.1. The fraction of sp³-hybridized carbons (Fsp3) is 0.500. The van der Waals surface area contributed by atoms with Crippen LogP contribution in [0.15, 0.2) is 12.1 Å². The first-order valence-electron chi connectivity index (χ1n) is 6.45. The van der Waals surface area contributed by atoms with Gasteiger partial charge >= 0.3 is 0 Å². The lowest BCUT2D eigenvalue weighted by Gasteiger charge is -2.30. The Bertz CT molecular complexity index is 506. The third-order valence-electron chi connectivity index (χ3n) is 3.36. The van der Waals surface area contributed by atoms with E-state index in [-0.39, 0.29) is 5.91 Å². The molecule has 1 N–H and O–H groups in total. The number of halogens is 1.